The van der Waals surface area contributed by atoms with Crippen LogP contribution in [-0.2, 0) is 0 Å². The Morgan fingerprint density at radius 3 is 2.60 bits per heavy atom. The van der Waals surface area contributed by atoms with Crippen LogP contribution in [-0.4, -0.2) is 18.3 Å². The van der Waals surface area contributed by atoms with Crippen LogP contribution in [0.2, 0.25) is 5.02 Å². The highest BCUT2D eigenvalue weighted by Gasteiger charge is 2.13. The molecular formula is C11H15Cl2NS. The number of nitrogens with one attached hydrogen (secondary N) is 1. The van der Waals surface area contributed by atoms with Gasteiger partial charge in [0.15, 0.2) is 0 Å². The van der Waals surface area contributed by atoms with Crippen molar-refractivity contribution in [2.75, 3.05) is 13.1 Å². The second-order valence-electron chi connectivity index (χ2n) is 3.54. The van der Waals surface area contributed by atoms with Crippen LogP contribution in [0.5, 0.6) is 0 Å². The standard InChI is InChI=1S/C11H14ClNS.ClH/c12-9-3-5-10(6-4-9)14-11-2-1-7-13-8-11;/h3-6,11,13H,1-2,7-8H2;1H. The predicted octanol–water partition coefficient (Wildman–Crippen LogP) is 3.61. The first kappa shape index (κ1) is 13.2. The minimum Gasteiger partial charge on any atom is -0.316 e. The molecule has 2 rings (SSSR count). The monoisotopic (exact) mass is 263 g/mol. The predicted molar refractivity (Wildman–Crippen MR) is 70.4 cm³/mol. The smallest absolute Gasteiger partial charge is 0.0406 e. The van der Waals surface area contributed by atoms with Crippen molar-refractivity contribution >= 4 is 35.8 Å². The molecule has 1 fully saturated rings. The van der Waals surface area contributed by atoms with E-state index < -0.39 is 0 Å². The molecule has 1 aliphatic rings. The van der Waals surface area contributed by atoms with Crippen molar-refractivity contribution in [3.63, 3.8) is 0 Å². The van der Waals surface area contributed by atoms with E-state index in [9.17, 15) is 0 Å². The van der Waals surface area contributed by atoms with Gasteiger partial charge in [0.2, 0.25) is 0 Å². The molecule has 0 spiro atoms. The van der Waals surface area contributed by atoms with Gasteiger partial charge in [-0.25, -0.2) is 0 Å². The summed E-state index contributed by atoms with van der Waals surface area (Å²) >= 11 is 7.78. The van der Waals surface area contributed by atoms with Gasteiger partial charge in [-0.2, -0.15) is 0 Å². The molecule has 1 unspecified atom stereocenters. The lowest BCUT2D eigenvalue weighted by atomic mass is 10.2. The van der Waals surface area contributed by atoms with Gasteiger partial charge in [-0.05, 0) is 43.7 Å². The molecule has 1 nitrogen and oxygen atoms in total. The Morgan fingerprint density at radius 1 is 1.27 bits per heavy atom. The molecule has 1 atom stereocenters. The summed E-state index contributed by atoms with van der Waals surface area (Å²) in [6.07, 6.45) is 2.62. The largest absolute Gasteiger partial charge is 0.316 e. The molecule has 1 aromatic carbocycles. The molecule has 0 amide bonds. The summed E-state index contributed by atoms with van der Waals surface area (Å²) in [5, 5.41) is 4.96. The van der Waals surface area contributed by atoms with Gasteiger partial charge in [0.1, 0.15) is 0 Å². The quantitative estimate of drug-likeness (QED) is 0.875. The van der Waals surface area contributed by atoms with Crippen molar-refractivity contribution in [3.8, 4) is 0 Å². The molecule has 1 aliphatic heterocycles. The first-order valence-corrected chi connectivity index (χ1v) is 6.23. The summed E-state index contributed by atoms with van der Waals surface area (Å²) in [6.45, 7) is 2.31. The fourth-order valence-electron chi connectivity index (χ4n) is 1.63. The highest BCUT2D eigenvalue weighted by atomic mass is 35.5. The first-order chi connectivity index (χ1) is 6.84. The van der Waals surface area contributed by atoms with Gasteiger partial charge in [0.05, 0.1) is 0 Å². The molecule has 0 aromatic heterocycles. The topological polar surface area (TPSA) is 12.0 Å². The molecular weight excluding hydrogens is 249 g/mol. The van der Waals surface area contributed by atoms with E-state index in [1.165, 1.54) is 24.3 Å². The maximum absolute atomic E-state index is 5.83. The zero-order valence-corrected chi connectivity index (χ0v) is 10.8. The lowest BCUT2D eigenvalue weighted by Gasteiger charge is -2.22. The number of halogens is 2. The molecule has 0 bridgehead atoms. The Labute approximate surface area is 106 Å². The minimum atomic E-state index is 0. The van der Waals surface area contributed by atoms with E-state index in [2.05, 4.69) is 17.4 Å². The second kappa shape index (κ2) is 6.64. The van der Waals surface area contributed by atoms with E-state index in [4.69, 9.17) is 11.6 Å². The Hall–Kier alpha value is 0.110. The van der Waals surface area contributed by atoms with Crippen LogP contribution in [0.4, 0.5) is 0 Å². The number of thioether (sulfide) groups is 1. The summed E-state index contributed by atoms with van der Waals surface area (Å²) < 4.78 is 0. The molecule has 0 saturated carbocycles. The Morgan fingerprint density at radius 2 is 2.00 bits per heavy atom. The van der Waals surface area contributed by atoms with Gasteiger partial charge in [-0.15, -0.1) is 24.2 Å². The molecule has 1 N–H and O–H groups in total. The number of piperidine rings is 1. The summed E-state index contributed by atoms with van der Waals surface area (Å²) in [6, 6.07) is 8.11. The fourth-order valence-corrected chi connectivity index (χ4v) is 2.92. The lowest BCUT2D eigenvalue weighted by Crippen LogP contribution is -2.31. The summed E-state index contributed by atoms with van der Waals surface area (Å²) in [5.41, 5.74) is 0. The van der Waals surface area contributed by atoms with Gasteiger partial charge in [-0.3, -0.25) is 0 Å². The van der Waals surface area contributed by atoms with Crippen LogP contribution in [0.3, 0.4) is 0 Å². The Balaban J connectivity index is 0.00000112. The highest BCUT2D eigenvalue weighted by Crippen LogP contribution is 2.28. The molecule has 0 radical (unpaired) electrons. The third kappa shape index (κ3) is 4.23. The van der Waals surface area contributed by atoms with Crippen molar-refractivity contribution in [1.82, 2.24) is 5.32 Å². The Bertz CT molecular complexity index is 283. The molecule has 1 heterocycles. The SMILES string of the molecule is Cl.Clc1ccc(SC2CCCNC2)cc1. The summed E-state index contributed by atoms with van der Waals surface area (Å²) in [4.78, 5) is 1.32. The minimum absolute atomic E-state index is 0. The molecule has 4 heteroatoms. The van der Waals surface area contributed by atoms with Gasteiger partial charge >= 0.3 is 0 Å². The van der Waals surface area contributed by atoms with Crippen molar-refractivity contribution in [2.45, 2.75) is 23.0 Å². The summed E-state index contributed by atoms with van der Waals surface area (Å²) in [7, 11) is 0. The molecule has 0 aliphatic carbocycles. The van der Waals surface area contributed by atoms with E-state index >= 15 is 0 Å². The lowest BCUT2D eigenvalue weighted by molar-refractivity contribution is 0.531. The molecule has 84 valence electrons. The van der Waals surface area contributed by atoms with E-state index in [0.717, 1.165) is 16.8 Å². The highest BCUT2D eigenvalue weighted by molar-refractivity contribution is 8.00. The van der Waals surface area contributed by atoms with Crippen LogP contribution >= 0.6 is 35.8 Å². The van der Waals surface area contributed by atoms with Crippen molar-refractivity contribution in [1.29, 1.82) is 0 Å². The average molecular weight is 264 g/mol. The number of rotatable bonds is 2. The van der Waals surface area contributed by atoms with Crippen LogP contribution in [0, 0.1) is 0 Å². The van der Waals surface area contributed by atoms with Crippen LogP contribution in [0.1, 0.15) is 12.8 Å². The van der Waals surface area contributed by atoms with Crippen LogP contribution < -0.4 is 5.32 Å². The van der Waals surface area contributed by atoms with Crippen molar-refractivity contribution in [2.24, 2.45) is 0 Å². The zero-order chi connectivity index (χ0) is 9.80. The third-order valence-electron chi connectivity index (χ3n) is 2.37. The van der Waals surface area contributed by atoms with E-state index in [-0.39, 0.29) is 12.4 Å². The van der Waals surface area contributed by atoms with Gasteiger partial charge in [0.25, 0.3) is 0 Å². The summed E-state index contributed by atoms with van der Waals surface area (Å²) in [5.74, 6) is 0. The number of benzene rings is 1. The average Bonchev–Trinajstić information content (AvgIpc) is 2.23. The zero-order valence-electron chi connectivity index (χ0n) is 8.41. The van der Waals surface area contributed by atoms with E-state index in [0.29, 0.717) is 0 Å². The number of hydrogen-bond acceptors (Lipinski definition) is 2. The molecule has 1 saturated heterocycles. The first-order valence-electron chi connectivity index (χ1n) is 4.97. The maximum atomic E-state index is 5.83. The Kier molecular flexibility index (Phi) is 5.83. The fraction of sp³-hybridized carbons (Fsp3) is 0.455. The van der Waals surface area contributed by atoms with E-state index in [1.54, 1.807) is 0 Å². The van der Waals surface area contributed by atoms with Crippen LogP contribution in [0.25, 0.3) is 0 Å². The normalized spacial score (nSPS) is 20.7. The van der Waals surface area contributed by atoms with E-state index in [1.807, 2.05) is 23.9 Å². The maximum Gasteiger partial charge on any atom is 0.0406 e. The molecule has 15 heavy (non-hydrogen) atoms. The van der Waals surface area contributed by atoms with Crippen molar-refractivity contribution < 1.29 is 0 Å². The molecule has 1 aromatic rings. The van der Waals surface area contributed by atoms with Crippen LogP contribution in [0.15, 0.2) is 29.2 Å². The third-order valence-corrected chi connectivity index (χ3v) is 3.90. The van der Waals surface area contributed by atoms with Crippen molar-refractivity contribution in [3.05, 3.63) is 29.3 Å². The second-order valence-corrected chi connectivity index (χ2v) is 5.35. The van der Waals surface area contributed by atoms with Gasteiger partial charge < -0.3 is 5.32 Å². The number of hydrogen-bond donors (Lipinski definition) is 1. The van der Waals surface area contributed by atoms with Gasteiger partial charge in [-0.1, -0.05) is 11.6 Å². The van der Waals surface area contributed by atoms with Gasteiger partial charge in [0, 0.05) is 21.7 Å².